The van der Waals surface area contributed by atoms with Gasteiger partial charge < -0.3 is 20.6 Å². The summed E-state index contributed by atoms with van der Waals surface area (Å²) in [4.78, 5) is 25.4. The number of hydrogen-bond donors (Lipinski definition) is 3. The van der Waals surface area contributed by atoms with E-state index in [0.29, 0.717) is 23.9 Å². The van der Waals surface area contributed by atoms with E-state index >= 15 is 0 Å². The highest BCUT2D eigenvalue weighted by molar-refractivity contribution is 5.99. The van der Waals surface area contributed by atoms with Crippen LogP contribution in [-0.4, -0.2) is 36.2 Å². The molecule has 24 heavy (non-hydrogen) atoms. The lowest BCUT2D eigenvalue weighted by Crippen LogP contribution is -2.46. The van der Waals surface area contributed by atoms with Gasteiger partial charge in [0.05, 0.1) is 0 Å². The number of urea groups is 1. The zero-order chi connectivity index (χ0) is 16.7. The molecule has 0 spiro atoms. The van der Waals surface area contributed by atoms with E-state index < -0.39 is 0 Å². The second-order valence-electron chi connectivity index (χ2n) is 7.15. The van der Waals surface area contributed by atoms with Crippen LogP contribution in [0.1, 0.15) is 25.7 Å². The molecule has 2 aliphatic carbocycles. The number of rotatable bonds is 4. The number of carbonyl (C=O) groups is 2. The topological polar surface area (TPSA) is 81.7 Å². The first-order chi connectivity index (χ1) is 11.7. The zero-order valence-corrected chi connectivity index (χ0v) is 13.6. The number of fused-ring (bicyclic) bond motifs is 2. The lowest BCUT2D eigenvalue weighted by atomic mass is 9.85. The van der Waals surface area contributed by atoms with E-state index in [2.05, 4.69) is 10.6 Å². The molecule has 0 radical (unpaired) electrons. The number of amides is 3. The van der Waals surface area contributed by atoms with Gasteiger partial charge in [-0.15, -0.1) is 0 Å². The van der Waals surface area contributed by atoms with Gasteiger partial charge >= 0.3 is 6.03 Å². The summed E-state index contributed by atoms with van der Waals surface area (Å²) in [6, 6.07) is 7.17. The minimum Gasteiger partial charge on any atom is -0.396 e. The number of aliphatic hydroxyl groups excluding tert-OH is 1. The van der Waals surface area contributed by atoms with Crippen molar-refractivity contribution in [2.24, 2.45) is 17.8 Å². The first kappa shape index (κ1) is 15.4. The fourth-order valence-electron chi connectivity index (χ4n) is 4.53. The third kappa shape index (κ3) is 2.65. The second-order valence-corrected chi connectivity index (χ2v) is 7.15. The molecule has 0 aromatic heterocycles. The number of nitrogens with zero attached hydrogens (tertiary/aromatic N) is 1. The third-order valence-electron chi connectivity index (χ3n) is 5.88. The van der Waals surface area contributed by atoms with Crippen LogP contribution in [0.4, 0.5) is 16.2 Å². The molecule has 6 heteroatoms. The van der Waals surface area contributed by atoms with Crippen LogP contribution >= 0.6 is 0 Å². The highest BCUT2D eigenvalue weighted by atomic mass is 16.3. The van der Waals surface area contributed by atoms with Gasteiger partial charge in [-0.25, -0.2) is 4.79 Å². The molecule has 3 aliphatic rings. The standard InChI is InChI=1S/C18H23N3O3/c22-10-15-11-1-2-12(9-11)17(15)20-18(24)19-13-3-5-14(6-4-13)21-8-7-16(21)23/h3-6,11-12,15,17,22H,1-2,7-10H2,(H2,19,20,24)/t11-,12-,15-,17+/m0/s1. The van der Waals surface area contributed by atoms with Gasteiger partial charge in [0.25, 0.3) is 0 Å². The molecule has 3 fully saturated rings. The van der Waals surface area contributed by atoms with Gasteiger partial charge in [-0.3, -0.25) is 4.79 Å². The van der Waals surface area contributed by atoms with E-state index in [-0.39, 0.29) is 30.5 Å². The van der Waals surface area contributed by atoms with Gasteiger partial charge in [0.2, 0.25) is 5.91 Å². The molecule has 2 saturated carbocycles. The summed E-state index contributed by atoms with van der Waals surface area (Å²) >= 11 is 0. The fourth-order valence-corrected chi connectivity index (χ4v) is 4.53. The molecule has 3 amide bonds. The number of nitrogens with one attached hydrogen (secondary N) is 2. The normalized spacial score (nSPS) is 31.0. The smallest absolute Gasteiger partial charge is 0.319 e. The Balaban J connectivity index is 1.35. The van der Waals surface area contributed by atoms with Crippen molar-refractivity contribution in [2.75, 3.05) is 23.4 Å². The summed E-state index contributed by atoms with van der Waals surface area (Å²) in [7, 11) is 0. The number of aliphatic hydroxyl groups is 1. The number of carbonyl (C=O) groups excluding carboxylic acids is 2. The maximum absolute atomic E-state index is 12.3. The third-order valence-corrected chi connectivity index (χ3v) is 5.88. The quantitative estimate of drug-likeness (QED) is 0.739. The van der Waals surface area contributed by atoms with Crippen molar-refractivity contribution in [3.8, 4) is 0 Å². The van der Waals surface area contributed by atoms with Crippen molar-refractivity contribution in [1.29, 1.82) is 0 Å². The van der Waals surface area contributed by atoms with Gasteiger partial charge in [0.1, 0.15) is 0 Å². The molecule has 1 aromatic carbocycles. The zero-order valence-electron chi connectivity index (χ0n) is 13.6. The van der Waals surface area contributed by atoms with E-state index in [1.165, 1.54) is 6.42 Å². The summed E-state index contributed by atoms with van der Waals surface area (Å²) in [5.41, 5.74) is 1.57. The molecule has 1 aromatic rings. The monoisotopic (exact) mass is 329 g/mol. The Morgan fingerprint density at radius 1 is 1.21 bits per heavy atom. The molecule has 4 atom stereocenters. The van der Waals surface area contributed by atoms with Crippen molar-refractivity contribution in [1.82, 2.24) is 5.32 Å². The Labute approximate surface area is 141 Å². The van der Waals surface area contributed by atoms with Gasteiger partial charge in [-0.1, -0.05) is 0 Å². The molecule has 1 heterocycles. The largest absolute Gasteiger partial charge is 0.396 e. The van der Waals surface area contributed by atoms with Gasteiger partial charge in [-0.05, 0) is 55.4 Å². The van der Waals surface area contributed by atoms with E-state index in [1.807, 2.05) is 24.3 Å². The van der Waals surface area contributed by atoms with Gasteiger partial charge in [0, 0.05) is 42.9 Å². The average Bonchev–Trinajstić information content (AvgIpc) is 3.16. The Morgan fingerprint density at radius 3 is 2.58 bits per heavy atom. The Morgan fingerprint density at radius 2 is 1.96 bits per heavy atom. The summed E-state index contributed by atoms with van der Waals surface area (Å²) in [6.45, 7) is 0.906. The van der Waals surface area contributed by atoms with Crippen LogP contribution < -0.4 is 15.5 Å². The highest BCUT2D eigenvalue weighted by Crippen LogP contribution is 2.48. The molecule has 4 rings (SSSR count). The predicted octanol–water partition coefficient (Wildman–Crippen LogP) is 1.95. The Kier molecular flexibility index (Phi) is 3.92. The van der Waals surface area contributed by atoms with Crippen LogP contribution in [0.5, 0.6) is 0 Å². The average molecular weight is 329 g/mol. The highest BCUT2D eigenvalue weighted by Gasteiger charge is 2.47. The molecule has 2 bridgehead atoms. The first-order valence-electron chi connectivity index (χ1n) is 8.74. The minimum atomic E-state index is -0.223. The van der Waals surface area contributed by atoms with Crippen molar-refractivity contribution in [2.45, 2.75) is 31.7 Å². The van der Waals surface area contributed by atoms with Crippen molar-refractivity contribution in [3.05, 3.63) is 24.3 Å². The molecule has 128 valence electrons. The van der Waals surface area contributed by atoms with Crippen LogP contribution in [-0.2, 0) is 4.79 Å². The maximum Gasteiger partial charge on any atom is 0.319 e. The predicted molar refractivity (Wildman–Crippen MR) is 90.8 cm³/mol. The number of benzene rings is 1. The van der Waals surface area contributed by atoms with Crippen LogP contribution in [0.3, 0.4) is 0 Å². The summed E-state index contributed by atoms with van der Waals surface area (Å²) in [6.07, 6.45) is 4.05. The summed E-state index contributed by atoms with van der Waals surface area (Å²) in [5.74, 6) is 1.38. The van der Waals surface area contributed by atoms with E-state index in [4.69, 9.17) is 0 Å². The lowest BCUT2D eigenvalue weighted by Gasteiger charge is -2.31. The van der Waals surface area contributed by atoms with E-state index in [0.717, 1.165) is 25.1 Å². The lowest BCUT2D eigenvalue weighted by molar-refractivity contribution is -0.122. The first-order valence-corrected chi connectivity index (χ1v) is 8.74. The molecule has 3 N–H and O–H groups in total. The molecular formula is C18H23N3O3. The Hall–Kier alpha value is -2.08. The van der Waals surface area contributed by atoms with E-state index in [9.17, 15) is 14.7 Å². The fraction of sp³-hybridized carbons (Fsp3) is 0.556. The molecule has 1 aliphatic heterocycles. The minimum absolute atomic E-state index is 0.0757. The van der Waals surface area contributed by atoms with Crippen molar-refractivity contribution < 1.29 is 14.7 Å². The number of hydrogen-bond acceptors (Lipinski definition) is 3. The van der Waals surface area contributed by atoms with Crippen molar-refractivity contribution >= 4 is 23.3 Å². The van der Waals surface area contributed by atoms with Gasteiger partial charge in [-0.2, -0.15) is 0 Å². The number of β-lactam (4-membered cyclic amide) rings is 1. The van der Waals surface area contributed by atoms with E-state index in [1.54, 1.807) is 4.90 Å². The summed E-state index contributed by atoms with van der Waals surface area (Å²) in [5, 5.41) is 15.5. The van der Waals surface area contributed by atoms with Crippen LogP contribution in [0, 0.1) is 17.8 Å². The molecule has 0 unspecified atom stereocenters. The summed E-state index contributed by atoms with van der Waals surface area (Å²) < 4.78 is 0. The Bertz CT molecular complexity index is 645. The molecular weight excluding hydrogens is 306 g/mol. The van der Waals surface area contributed by atoms with Crippen LogP contribution in [0.25, 0.3) is 0 Å². The molecule has 6 nitrogen and oxygen atoms in total. The SMILES string of the molecule is O=C(Nc1ccc(N2CCC2=O)cc1)N[C@@H]1[C@H]2CC[C@@H](C2)[C@@H]1CO. The van der Waals surface area contributed by atoms with Crippen molar-refractivity contribution in [3.63, 3.8) is 0 Å². The second kappa shape index (κ2) is 6.09. The maximum atomic E-state index is 12.3. The van der Waals surface area contributed by atoms with Crippen LogP contribution in [0.2, 0.25) is 0 Å². The van der Waals surface area contributed by atoms with Gasteiger partial charge in [0.15, 0.2) is 0 Å². The number of anilines is 2. The van der Waals surface area contributed by atoms with Crippen LogP contribution in [0.15, 0.2) is 24.3 Å². The molecule has 1 saturated heterocycles.